The minimum absolute atomic E-state index is 0.378. The van der Waals surface area contributed by atoms with Gasteiger partial charge in [0.15, 0.2) is 0 Å². The Balaban J connectivity index is 1.45. The van der Waals surface area contributed by atoms with Gasteiger partial charge < -0.3 is 9.15 Å². The maximum atomic E-state index is 12.8. The van der Waals surface area contributed by atoms with Gasteiger partial charge in [0.2, 0.25) is 0 Å². The Morgan fingerprint density at radius 2 is 1.77 bits per heavy atom. The minimum atomic E-state index is -0.378. The molecule has 1 aromatic heterocycles. The molecule has 0 aliphatic carbocycles. The number of nitrogens with zero attached hydrogens (tertiary/aromatic N) is 1. The van der Waals surface area contributed by atoms with Crippen LogP contribution in [0, 0.1) is 0 Å². The zero-order valence-corrected chi connectivity index (χ0v) is 18.1. The molecule has 4 nitrogen and oxygen atoms in total. The third-order valence-corrected chi connectivity index (χ3v) is 6.18. The lowest BCUT2D eigenvalue weighted by Gasteiger charge is -2.29. The first-order chi connectivity index (χ1) is 15.1. The van der Waals surface area contributed by atoms with Gasteiger partial charge in [0.25, 0.3) is 0 Å². The van der Waals surface area contributed by atoms with E-state index in [-0.39, 0.29) is 5.63 Å². The molecule has 0 amide bonds. The number of fused-ring (bicyclic) bond motifs is 3. The molecule has 156 valence electrons. The van der Waals surface area contributed by atoms with Crippen molar-refractivity contribution in [1.29, 1.82) is 0 Å². The molecule has 1 aliphatic heterocycles. The number of hydrogen-bond acceptors (Lipinski definition) is 4. The van der Waals surface area contributed by atoms with Crippen molar-refractivity contribution in [2.45, 2.75) is 13.0 Å². The summed E-state index contributed by atoms with van der Waals surface area (Å²) in [5.41, 5.74) is 3.47. The van der Waals surface area contributed by atoms with Crippen LogP contribution in [0.4, 0.5) is 0 Å². The Labute approximate surface area is 189 Å². The fourth-order valence-electron chi connectivity index (χ4n) is 3.89. The van der Waals surface area contributed by atoms with Gasteiger partial charge >= 0.3 is 5.63 Å². The minimum Gasteiger partial charge on any atom is -0.478 e. The van der Waals surface area contributed by atoms with E-state index in [0.29, 0.717) is 29.4 Å². The molecule has 0 saturated heterocycles. The standard InChI is InChI=1S/C25H19Cl2NO3/c26-19-8-5-16(6-9-19)20-13-18-7-10-23-21(24(18)31-25(20)29)14-28(15-30-23)12-11-17-3-1-2-4-22(17)27/h1-10,13H,11-12,14-15H2. The van der Waals surface area contributed by atoms with Gasteiger partial charge in [-0.25, -0.2) is 4.79 Å². The number of rotatable bonds is 4. The Morgan fingerprint density at radius 3 is 2.58 bits per heavy atom. The fraction of sp³-hybridized carbons (Fsp3) is 0.160. The van der Waals surface area contributed by atoms with Crippen molar-refractivity contribution < 1.29 is 9.15 Å². The van der Waals surface area contributed by atoms with Gasteiger partial charge in [-0.05, 0) is 53.9 Å². The molecule has 2 heterocycles. The number of benzene rings is 3. The molecule has 0 atom stereocenters. The summed E-state index contributed by atoms with van der Waals surface area (Å²) in [4.78, 5) is 14.9. The van der Waals surface area contributed by atoms with Gasteiger partial charge in [-0.1, -0.05) is 53.5 Å². The van der Waals surface area contributed by atoms with Gasteiger partial charge in [0, 0.05) is 28.5 Å². The van der Waals surface area contributed by atoms with Crippen LogP contribution in [0.2, 0.25) is 10.0 Å². The van der Waals surface area contributed by atoms with Crippen LogP contribution in [-0.2, 0) is 13.0 Å². The highest BCUT2D eigenvalue weighted by molar-refractivity contribution is 6.31. The van der Waals surface area contributed by atoms with Crippen LogP contribution in [0.3, 0.4) is 0 Å². The third-order valence-electron chi connectivity index (χ3n) is 5.56. The normalized spacial score (nSPS) is 13.7. The quantitative estimate of drug-likeness (QED) is 0.348. The zero-order chi connectivity index (χ0) is 21.4. The monoisotopic (exact) mass is 451 g/mol. The van der Waals surface area contributed by atoms with Crippen LogP contribution in [0.25, 0.3) is 22.1 Å². The summed E-state index contributed by atoms with van der Waals surface area (Å²) >= 11 is 12.3. The molecule has 0 N–H and O–H groups in total. The Hall–Kier alpha value is -2.79. The van der Waals surface area contributed by atoms with E-state index in [9.17, 15) is 4.79 Å². The molecule has 0 spiro atoms. The van der Waals surface area contributed by atoms with E-state index in [1.807, 2.05) is 54.6 Å². The summed E-state index contributed by atoms with van der Waals surface area (Å²) in [5.74, 6) is 0.754. The van der Waals surface area contributed by atoms with Crippen LogP contribution in [-0.4, -0.2) is 18.2 Å². The smallest absolute Gasteiger partial charge is 0.344 e. The van der Waals surface area contributed by atoms with Crippen molar-refractivity contribution in [3.63, 3.8) is 0 Å². The van der Waals surface area contributed by atoms with E-state index in [2.05, 4.69) is 4.90 Å². The van der Waals surface area contributed by atoms with Crippen molar-refractivity contribution in [3.05, 3.63) is 98.3 Å². The molecule has 0 fully saturated rings. The molecule has 0 bridgehead atoms. The third kappa shape index (κ3) is 4.07. The van der Waals surface area contributed by atoms with Crippen molar-refractivity contribution in [3.8, 4) is 16.9 Å². The molecule has 5 rings (SSSR count). The molecule has 0 unspecified atom stereocenters. The van der Waals surface area contributed by atoms with Gasteiger partial charge in [-0.3, -0.25) is 4.90 Å². The van der Waals surface area contributed by atoms with Crippen molar-refractivity contribution >= 4 is 34.2 Å². The molecule has 6 heteroatoms. The van der Waals surface area contributed by atoms with Crippen LogP contribution >= 0.6 is 23.2 Å². The van der Waals surface area contributed by atoms with Crippen molar-refractivity contribution in [1.82, 2.24) is 4.90 Å². The zero-order valence-electron chi connectivity index (χ0n) is 16.6. The highest BCUT2D eigenvalue weighted by Gasteiger charge is 2.22. The fourth-order valence-corrected chi connectivity index (χ4v) is 4.25. The first-order valence-corrected chi connectivity index (χ1v) is 10.8. The first kappa shape index (κ1) is 20.1. The van der Waals surface area contributed by atoms with Crippen LogP contribution in [0.15, 0.2) is 75.9 Å². The molecule has 1 aliphatic rings. The topological polar surface area (TPSA) is 42.7 Å². The summed E-state index contributed by atoms with van der Waals surface area (Å²) in [6.07, 6.45) is 0.813. The lowest BCUT2D eigenvalue weighted by molar-refractivity contribution is 0.0968. The highest BCUT2D eigenvalue weighted by Crippen LogP contribution is 2.33. The van der Waals surface area contributed by atoms with Gasteiger partial charge in [0.05, 0.1) is 11.1 Å². The van der Waals surface area contributed by atoms with E-state index in [0.717, 1.165) is 45.8 Å². The van der Waals surface area contributed by atoms with Crippen LogP contribution < -0.4 is 10.4 Å². The van der Waals surface area contributed by atoms with E-state index in [1.165, 1.54) is 0 Å². The Morgan fingerprint density at radius 1 is 0.968 bits per heavy atom. The predicted octanol–water partition coefficient (Wildman–Crippen LogP) is 6.16. The SMILES string of the molecule is O=c1oc2c3c(ccc2cc1-c1ccc(Cl)cc1)OCN(CCc1ccccc1Cl)C3. The molecule has 31 heavy (non-hydrogen) atoms. The number of halogens is 2. The maximum absolute atomic E-state index is 12.8. The molecular weight excluding hydrogens is 433 g/mol. The molecular formula is C25H19Cl2NO3. The van der Waals surface area contributed by atoms with E-state index >= 15 is 0 Å². The second-order valence-corrected chi connectivity index (χ2v) is 8.43. The summed E-state index contributed by atoms with van der Waals surface area (Å²) in [6.45, 7) is 1.91. The maximum Gasteiger partial charge on any atom is 0.344 e. The van der Waals surface area contributed by atoms with E-state index < -0.39 is 0 Å². The summed E-state index contributed by atoms with van der Waals surface area (Å²) in [5, 5.41) is 2.25. The lowest BCUT2D eigenvalue weighted by atomic mass is 10.0. The average Bonchev–Trinajstić information content (AvgIpc) is 2.79. The average molecular weight is 452 g/mol. The summed E-state index contributed by atoms with van der Waals surface area (Å²) in [7, 11) is 0. The number of ether oxygens (including phenoxy) is 1. The molecule has 3 aromatic carbocycles. The number of hydrogen-bond donors (Lipinski definition) is 0. The van der Waals surface area contributed by atoms with Gasteiger partial charge in [-0.2, -0.15) is 0 Å². The highest BCUT2D eigenvalue weighted by atomic mass is 35.5. The van der Waals surface area contributed by atoms with Crippen LogP contribution in [0.1, 0.15) is 11.1 Å². The predicted molar refractivity (Wildman–Crippen MR) is 124 cm³/mol. The largest absolute Gasteiger partial charge is 0.478 e. The van der Waals surface area contributed by atoms with E-state index in [1.54, 1.807) is 12.1 Å². The Kier molecular flexibility index (Phi) is 5.45. The van der Waals surface area contributed by atoms with E-state index in [4.69, 9.17) is 32.4 Å². The lowest BCUT2D eigenvalue weighted by Crippen LogP contribution is -2.33. The van der Waals surface area contributed by atoms with Crippen LogP contribution in [0.5, 0.6) is 5.75 Å². The summed E-state index contributed by atoms with van der Waals surface area (Å²) < 4.78 is 11.7. The Bertz CT molecular complexity index is 1310. The second kappa shape index (κ2) is 8.39. The summed E-state index contributed by atoms with van der Waals surface area (Å²) in [6, 6.07) is 20.8. The van der Waals surface area contributed by atoms with Gasteiger partial charge in [0.1, 0.15) is 18.1 Å². The second-order valence-electron chi connectivity index (χ2n) is 7.58. The molecule has 0 radical (unpaired) electrons. The van der Waals surface area contributed by atoms with Crippen molar-refractivity contribution in [2.24, 2.45) is 0 Å². The molecule has 4 aromatic rings. The molecule has 0 saturated carbocycles. The van der Waals surface area contributed by atoms with Gasteiger partial charge in [-0.15, -0.1) is 0 Å². The first-order valence-electron chi connectivity index (χ1n) is 10.0. The van der Waals surface area contributed by atoms with Crippen molar-refractivity contribution in [2.75, 3.05) is 13.3 Å².